The Morgan fingerprint density at radius 1 is 1.27 bits per heavy atom. The molecule has 0 bridgehead atoms. The third-order valence-corrected chi connectivity index (χ3v) is 3.25. The number of aromatic carboxylic acids is 1. The zero-order valence-corrected chi connectivity index (χ0v) is 11.3. The van der Waals surface area contributed by atoms with Crippen molar-refractivity contribution in [2.24, 2.45) is 0 Å². The first kappa shape index (κ1) is 13.8. The van der Waals surface area contributed by atoms with E-state index in [1.807, 2.05) is 0 Å². The molecule has 0 atom stereocenters. The van der Waals surface area contributed by atoms with Crippen molar-refractivity contribution in [3.05, 3.63) is 36.0 Å². The van der Waals surface area contributed by atoms with Crippen molar-refractivity contribution in [1.29, 1.82) is 0 Å². The molecule has 1 saturated heterocycles. The Bertz CT molecular complexity index is 750. The Kier molecular flexibility index (Phi) is 3.34. The average molecular weight is 301 g/mol. The molecule has 1 aliphatic rings. The van der Waals surface area contributed by atoms with E-state index < -0.39 is 17.8 Å². The van der Waals surface area contributed by atoms with Gasteiger partial charge in [0.1, 0.15) is 0 Å². The topological polar surface area (TPSA) is 113 Å². The van der Waals surface area contributed by atoms with E-state index >= 15 is 0 Å². The summed E-state index contributed by atoms with van der Waals surface area (Å²) >= 11 is 0. The number of carboxylic acid groups (broad SMARTS) is 1. The van der Waals surface area contributed by atoms with E-state index in [0.29, 0.717) is 30.1 Å². The molecule has 112 valence electrons. The van der Waals surface area contributed by atoms with Gasteiger partial charge >= 0.3 is 17.8 Å². The summed E-state index contributed by atoms with van der Waals surface area (Å²) in [6.45, 7) is 0.797. The molecule has 1 aromatic heterocycles. The van der Waals surface area contributed by atoms with E-state index in [4.69, 9.17) is 9.63 Å². The fraction of sp³-hybridized carbons (Fsp3) is 0.143. The van der Waals surface area contributed by atoms with E-state index in [1.54, 1.807) is 24.3 Å². The molecule has 8 heteroatoms. The number of hydrogen-bond donors (Lipinski definition) is 2. The standard InChI is InChI=1S/C14H11N3O5/c18-12-13(19)17(6-5-15-12)9-3-1-8(2-4-9)11-7-10(14(20)21)16-22-11/h1-4,7H,5-6H2,(H,15,18)(H,20,21). The Morgan fingerprint density at radius 2 is 2.00 bits per heavy atom. The summed E-state index contributed by atoms with van der Waals surface area (Å²) in [5.74, 6) is -2.09. The number of rotatable bonds is 3. The van der Waals surface area contributed by atoms with Gasteiger partial charge in [0.15, 0.2) is 11.5 Å². The Labute approximate surface area is 124 Å². The summed E-state index contributed by atoms with van der Waals surface area (Å²) in [6, 6.07) is 7.98. The van der Waals surface area contributed by atoms with Crippen LogP contribution in [0.3, 0.4) is 0 Å². The SMILES string of the molecule is O=C1NCCN(c2ccc(-c3cc(C(=O)O)no3)cc2)C1=O. The molecular formula is C14H11N3O5. The van der Waals surface area contributed by atoms with Gasteiger partial charge in [0.05, 0.1) is 0 Å². The minimum absolute atomic E-state index is 0.179. The predicted molar refractivity (Wildman–Crippen MR) is 74.3 cm³/mol. The maximum absolute atomic E-state index is 11.8. The molecule has 8 nitrogen and oxygen atoms in total. The van der Waals surface area contributed by atoms with Crippen molar-refractivity contribution in [3.8, 4) is 11.3 Å². The highest BCUT2D eigenvalue weighted by molar-refractivity contribution is 6.41. The van der Waals surface area contributed by atoms with Crippen LogP contribution < -0.4 is 10.2 Å². The number of carbonyl (C=O) groups excluding carboxylic acids is 2. The summed E-state index contributed by atoms with van der Waals surface area (Å²) in [7, 11) is 0. The van der Waals surface area contributed by atoms with E-state index in [1.165, 1.54) is 11.0 Å². The highest BCUT2D eigenvalue weighted by atomic mass is 16.5. The lowest BCUT2D eigenvalue weighted by molar-refractivity contribution is -0.138. The Hall–Kier alpha value is -3.16. The van der Waals surface area contributed by atoms with E-state index in [0.717, 1.165) is 0 Å². The summed E-state index contributed by atoms with van der Waals surface area (Å²) in [6.07, 6.45) is 0. The number of benzene rings is 1. The number of carboxylic acids is 1. The fourth-order valence-electron chi connectivity index (χ4n) is 2.15. The van der Waals surface area contributed by atoms with Gasteiger partial charge < -0.3 is 19.8 Å². The maximum Gasteiger partial charge on any atom is 0.358 e. The van der Waals surface area contributed by atoms with Crippen LogP contribution in [0.4, 0.5) is 5.69 Å². The third-order valence-electron chi connectivity index (χ3n) is 3.25. The number of hydrogen-bond acceptors (Lipinski definition) is 5. The summed E-state index contributed by atoms with van der Waals surface area (Å²) < 4.78 is 4.96. The molecule has 1 aliphatic heterocycles. The third kappa shape index (κ3) is 2.41. The minimum Gasteiger partial charge on any atom is -0.476 e. The first-order valence-electron chi connectivity index (χ1n) is 6.46. The molecule has 0 spiro atoms. The molecule has 22 heavy (non-hydrogen) atoms. The first-order valence-corrected chi connectivity index (χ1v) is 6.46. The molecule has 0 saturated carbocycles. The number of nitrogens with zero attached hydrogens (tertiary/aromatic N) is 2. The molecule has 2 heterocycles. The molecule has 1 aromatic carbocycles. The van der Waals surface area contributed by atoms with Gasteiger partial charge in [0, 0.05) is 30.4 Å². The smallest absolute Gasteiger partial charge is 0.358 e. The summed E-state index contributed by atoms with van der Waals surface area (Å²) in [5.41, 5.74) is 1.03. The molecule has 2 amide bonds. The van der Waals surface area contributed by atoms with Crippen molar-refractivity contribution in [1.82, 2.24) is 10.5 Å². The highest BCUT2D eigenvalue weighted by Gasteiger charge is 2.27. The molecular weight excluding hydrogens is 290 g/mol. The van der Waals surface area contributed by atoms with E-state index in [9.17, 15) is 14.4 Å². The van der Waals surface area contributed by atoms with Crippen molar-refractivity contribution < 1.29 is 24.0 Å². The van der Waals surface area contributed by atoms with Crippen LogP contribution in [0.1, 0.15) is 10.5 Å². The number of aromatic nitrogens is 1. The lowest BCUT2D eigenvalue weighted by Crippen LogP contribution is -2.52. The van der Waals surface area contributed by atoms with Crippen molar-refractivity contribution in [2.45, 2.75) is 0 Å². The lowest BCUT2D eigenvalue weighted by atomic mass is 10.1. The Balaban J connectivity index is 1.84. The van der Waals surface area contributed by atoms with Crippen molar-refractivity contribution >= 4 is 23.5 Å². The monoisotopic (exact) mass is 301 g/mol. The zero-order valence-electron chi connectivity index (χ0n) is 11.3. The minimum atomic E-state index is -1.17. The number of amides is 2. The van der Waals surface area contributed by atoms with Crippen LogP contribution in [-0.4, -0.2) is 41.1 Å². The van der Waals surface area contributed by atoms with E-state index in [2.05, 4.69) is 10.5 Å². The molecule has 2 N–H and O–H groups in total. The average Bonchev–Trinajstić information content (AvgIpc) is 3.00. The van der Waals surface area contributed by atoms with Gasteiger partial charge in [-0.1, -0.05) is 5.16 Å². The number of piperazine rings is 1. The van der Waals surface area contributed by atoms with Crippen LogP contribution >= 0.6 is 0 Å². The predicted octanol–water partition coefficient (Wildman–Crippen LogP) is 0.503. The van der Waals surface area contributed by atoms with E-state index in [-0.39, 0.29) is 5.69 Å². The van der Waals surface area contributed by atoms with Gasteiger partial charge in [0.25, 0.3) is 0 Å². The quantitative estimate of drug-likeness (QED) is 0.798. The molecule has 0 aliphatic carbocycles. The van der Waals surface area contributed by atoms with Crippen molar-refractivity contribution in [3.63, 3.8) is 0 Å². The van der Waals surface area contributed by atoms with Crippen LogP contribution in [0.5, 0.6) is 0 Å². The maximum atomic E-state index is 11.8. The lowest BCUT2D eigenvalue weighted by Gasteiger charge is -2.26. The van der Waals surface area contributed by atoms with Gasteiger partial charge in [0.2, 0.25) is 0 Å². The highest BCUT2D eigenvalue weighted by Crippen LogP contribution is 2.24. The van der Waals surface area contributed by atoms with Gasteiger partial charge in [-0.15, -0.1) is 0 Å². The van der Waals surface area contributed by atoms with Crippen LogP contribution in [0.15, 0.2) is 34.9 Å². The van der Waals surface area contributed by atoms with Crippen LogP contribution in [0.2, 0.25) is 0 Å². The molecule has 0 radical (unpaired) electrons. The van der Waals surface area contributed by atoms with Gasteiger partial charge in [-0.3, -0.25) is 9.59 Å². The normalized spacial score (nSPS) is 14.8. The van der Waals surface area contributed by atoms with Gasteiger partial charge in [-0.05, 0) is 24.3 Å². The molecule has 3 rings (SSSR count). The van der Waals surface area contributed by atoms with Crippen LogP contribution in [-0.2, 0) is 9.59 Å². The second kappa shape index (κ2) is 5.32. The summed E-state index contributed by atoms with van der Waals surface area (Å²) in [4.78, 5) is 35.3. The first-order chi connectivity index (χ1) is 10.6. The number of anilines is 1. The second-order valence-electron chi connectivity index (χ2n) is 4.64. The molecule has 0 unspecified atom stereocenters. The summed E-state index contributed by atoms with van der Waals surface area (Å²) in [5, 5.41) is 14.7. The van der Waals surface area contributed by atoms with Crippen LogP contribution in [0.25, 0.3) is 11.3 Å². The number of nitrogens with one attached hydrogen (secondary N) is 1. The van der Waals surface area contributed by atoms with Crippen molar-refractivity contribution in [2.75, 3.05) is 18.0 Å². The van der Waals surface area contributed by atoms with Gasteiger partial charge in [-0.25, -0.2) is 4.79 Å². The Morgan fingerprint density at radius 3 is 2.64 bits per heavy atom. The zero-order chi connectivity index (χ0) is 15.7. The fourth-order valence-corrected chi connectivity index (χ4v) is 2.15. The molecule has 2 aromatic rings. The van der Waals surface area contributed by atoms with Gasteiger partial charge in [-0.2, -0.15) is 0 Å². The number of carbonyl (C=O) groups is 3. The van der Waals surface area contributed by atoms with Crippen LogP contribution in [0, 0.1) is 0 Å². The largest absolute Gasteiger partial charge is 0.476 e. The molecule has 1 fully saturated rings. The second-order valence-corrected chi connectivity index (χ2v) is 4.64.